The highest BCUT2D eigenvalue weighted by Crippen LogP contribution is 2.22. The number of amides is 2. The summed E-state index contributed by atoms with van der Waals surface area (Å²) >= 11 is 5.81. The molecule has 0 aliphatic rings. The van der Waals surface area contributed by atoms with Crippen molar-refractivity contribution < 1.29 is 14.3 Å². The zero-order valence-electron chi connectivity index (χ0n) is 13.5. The van der Waals surface area contributed by atoms with E-state index in [0.29, 0.717) is 23.5 Å². The van der Waals surface area contributed by atoms with E-state index < -0.39 is 0 Å². The number of methoxy groups -OCH3 is 1. The number of carbonyl (C=O) groups excluding carboxylic acids is 2. The third-order valence-electron chi connectivity index (χ3n) is 3.36. The Bertz CT molecular complexity index is 737. The van der Waals surface area contributed by atoms with Gasteiger partial charge in [-0.05, 0) is 31.2 Å². The maximum atomic E-state index is 12.5. The largest absolute Gasteiger partial charge is 0.495 e. The molecule has 0 aliphatic heterocycles. The molecule has 126 valence electrons. The number of hydrogen-bond acceptors (Lipinski definition) is 4. The first-order chi connectivity index (χ1) is 11.5. The van der Waals surface area contributed by atoms with Crippen LogP contribution in [-0.2, 0) is 4.79 Å². The Hall–Kier alpha value is -2.60. The van der Waals surface area contributed by atoms with Crippen LogP contribution in [0, 0.1) is 0 Å². The molecule has 24 heavy (non-hydrogen) atoms. The maximum Gasteiger partial charge on any atom is 0.254 e. The predicted octanol–water partition coefficient (Wildman–Crippen LogP) is 2.84. The van der Waals surface area contributed by atoms with Crippen molar-refractivity contribution in [1.29, 1.82) is 0 Å². The number of benzene rings is 1. The summed E-state index contributed by atoms with van der Waals surface area (Å²) < 4.78 is 5.19. The number of pyridine rings is 1. The number of hydrogen-bond donors (Lipinski definition) is 1. The molecule has 6 nitrogen and oxygen atoms in total. The molecule has 0 saturated heterocycles. The number of ether oxygens (including phenoxy) is 1. The number of nitrogens with zero attached hydrogens (tertiary/aromatic N) is 2. The predicted molar refractivity (Wildman–Crippen MR) is 92.4 cm³/mol. The molecule has 1 N–H and O–H groups in total. The van der Waals surface area contributed by atoms with Gasteiger partial charge in [0.05, 0.1) is 12.8 Å². The molecule has 0 bridgehead atoms. The standard InChI is InChI=1S/C17H18ClN3O3/c1-3-21(17(23)12-8-9-19-15(18)10-12)11-16(22)20-13-6-4-5-7-14(13)24-2/h4-10H,3,11H2,1-2H3,(H,20,22). The molecule has 0 radical (unpaired) electrons. The fourth-order valence-corrected chi connectivity index (χ4v) is 2.33. The van der Waals surface area contributed by atoms with Gasteiger partial charge in [-0.25, -0.2) is 4.98 Å². The van der Waals surface area contributed by atoms with Crippen LogP contribution in [0.5, 0.6) is 5.75 Å². The zero-order chi connectivity index (χ0) is 17.5. The van der Waals surface area contributed by atoms with Crippen LogP contribution in [0.1, 0.15) is 17.3 Å². The van der Waals surface area contributed by atoms with Gasteiger partial charge in [-0.15, -0.1) is 0 Å². The summed E-state index contributed by atoms with van der Waals surface area (Å²) in [6.45, 7) is 2.11. The average Bonchev–Trinajstić information content (AvgIpc) is 2.59. The van der Waals surface area contributed by atoms with Gasteiger partial charge in [0, 0.05) is 18.3 Å². The van der Waals surface area contributed by atoms with Gasteiger partial charge in [0.2, 0.25) is 5.91 Å². The van der Waals surface area contributed by atoms with Crippen molar-refractivity contribution in [1.82, 2.24) is 9.88 Å². The Morgan fingerprint density at radius 3 is 2.71 bits per heavy atom. The number of rotatable bonds is 6. The third kappa shape index (κ3) is 4.45. The van der Waals surface area contributed by atoms with Crippen LogP contribution in [0.4, 0.5) is 5.69 Å². The summed E-state index contributed by atoms with van der Waals surface area (Å²) in [5, 5.41) is 2.98. The first-order valence-corrected chi connectivity index (χ1v) is 7.76. The first-order valence-electron chi connectivity index (χ1n) is 7.38. The summed E-state index contributed by atoms with van der Waals surface area (Å²) in [7, 11) is 1.53. The van der Waals surface area contributed by atoms with Gasteiger partial charge in [-0.1, -0.05) is 23.7 Å². The molecule has 0 aliphatic carbocycles. The van der Waals surface area contributed by atoms with Crippen LogP contribution in [0.25, 0.3) is 0 Å². The highest BCUT2D eigenvalue weighted by molar-refractivity contribution is 6.29. The molecule has 1 heterocycles. The van der Waals surface area contributed by atoms with Crippen LogP contribution < -0.4 is 10.1 Å². The molecule has 0 fully saturated rings. The highest BCUT2D eigenvalue weighted by atomic mass is 35.5. The number of anilines is 1. The first kappa shape index (κ1) is 17.7. The van der Waals surface area contributed by atoms with E-state index in [2.05, 4.69) is 10.3 Å². The number of aromatic nitrogens is 1. The highest BCUT2D eigenvalue weighted by Gasteiger charge is 2.18. The molecule has 7 heteroatoms. The molecule has 2 rings (SSSR count). The Morgan fingerprint density at radius 2 is 2.04 bits per heavy atom. The zero-order valence-corrected chi connectivity index (χ0v) is 14.2. The second-order valence-corrected chi connectivity index (χ2v) is 5.32. The fraction of sp³-hybridized carbons (Fsp3) is 0.235. The van der Waals surface area contributed by atoms with Gasteiger partial charge in [0.1, 0.15) is 17.4 Å². The molecule has 0 unspecified atom stereocenters. The Morgan fingerprint density at radius 1 is 1.29 bits per heavy atom. The molecular weight excluding hydrogens is 330 g/mol. The van der Waals surface area contributed by atoms with E-state index >= 15 is 0 Å². The molecule has 2 amide bonds. The number of para-hydroxylation sites is 2. The molecule has 1 aromatic carbocycles. The molecule has 2 aromatic rings. The van der Waals surface area contributed by atoms with Crippen LogP contribution in [0.15, 0.2) is 42.6 Å². The van der Waals surface area contributed by atoms with E-state index in [4.69, 9.17) is 16.3 Å². The Balaban J connectivity index is 2.06. The Labute approximate surface area is 145 Å². The molecule has 0 atom stereocenters. The van der Waals surface area contributed by atoms with Crippen molar-refractivity contribution in [3.05, 3.63) is 53.3 Å². The van der Waals surface area contributed by atoms with E-state index in [1.807, 2.05) is 6.07 Å². The van der Waals surface area contributed by atoms with Crippen LogP contribution in [-0.4, -0.2) is 41.9 Å². The van der Waals surface area contributed by atoms with Gasteiger partial charge in [-0.3, -0.25) is 9.59 Å². The van der Waals surface area contributed by atoms with E-state index in [0.717, 1.165) is 0 Å². The maximum absolute atomic E-state index is 12.5. The van der Waals surface area contributed by atoms with Gasteiger partial charge >= 0.3 is 0 Å². The van der Waals surface area contributed by atoms with Crippen molar-refractivity contribution in [3.63, 3.8) is 0 Å². The minimum Gasteiger partial charge on any atom is -0.495 e. The average molecular weight is 348 g/mol. The van der Waals surface area contributed by atoms with E-state index in [1.54, 1.807) is 31.2 Å². The summed E-state index contributed by atoms with van der Waals surface area (Å²) in [6, 6.07) is 10.1. The number of halogens is 1. The summed E-state index contributed by atoms with van der Waals surface area (Å²) in [4.78, 5) is 30.0. The quantitative estimate of drug-likeness (QED) is 0.816. The van der Waals surface area contributed by atoms with E-state index in [1.165, 1.54) is 24.3 Å². The van der Waals surface area contributed by atoms with Crippen LogP contribution in [0.2, 0.25) is 5.15 Å². The lowest BCUT2D eigenvalue weighted by atomic mass is 10.2. The van der Waals surface area contributed by atoms with Crippen LogP contribution in [0.3, 0.4) is 0 Å². The summed E-state index contributed by atoms with van der Waals surface area (Å²) in [5.41, 5.74) is 0.947. The molecule has 0 spiro atoms. The number of nitrogens with one attached hydrogen (secondary N) is 1. The van der Waals surface area contributed by atoms with Crippen molar-refractivity contribution in [3.8, 4) is 5.75 Å². The summed E-state index contributed by atoms with van der Waals surface area (Å²) in [5.74, 6) is -0.0343. The lowest BCUT2D eigenvalue weighted by molar-refractivity contribution is -0.116. The van der Waals surface area contributed by atoms with E-state index in [9.17, 15) is 9.59 Å². The van der Waals surface area contributed by atoms with Crippen molar-refractivity contribution in [2.24, 2.45) is 0 Å². The molecule has 0 saturated carbocycles. The number of likely N-dealkylation sites (N-methyl/N-ethyl adjacent to an activating group) is 1. The second kappa shape index (κ2) is 8.31. The van der Waals surface area contributed by atoms with Crippen molar-refractivity contribution in [2.45, 2.75) is 6.92 Å². The van der Waals surface area contributed by atoms with Gasteiger partial charge in [-0.2, -0.15) is 0 Å². The van der Waals surface area contributed by atoms with Gasteiger partial charge < -0.3 is 15.0 Å². The second-order valence-electron chi connectivity index (χ2n) is 4.94. The molecule has 1 aromatic heterocycles. The lowest BCUT2D eigenvalue weighted by Gasteiger charge is -2.20. The van der Waals surface area contributed by atoms with Crippen molar-refractivity contribution in [2.75, 3.05) is 25.5 Å². The number of carbonyl (C=O) groups is 2. The smallest absolute Gasteiger partial charge is 0.254 e. The normalized spacial score (nSPS) is 10.1. The third-order valence-corrected chi connectivity index (χ3v) is 3.56. The van der Waals surface area contributed by atoms with Gasteiger partial charge in [0.15, 0.2) is 0 Å². The topological polar surface area (TPSA) is 71.5 Å². The Kier molecular flexibility index (Phi) is 6.14. The lowest BCUT2D eigenvalue weighted by Crippen LogP contribution is -2.37. The minimum absolute atomic E-state index is 0.0761. The summed E-state index contributed by atoms with van der Waals surface area (Å²) in [6.07, 6.45) is 1.46. The van der Waals surface area contributed by atoms with Crippen molar-refractivity contribution >= 4 is 29.1 Å². The monoisotopic (exact) mass is 347 g/mol. The van der Waals surface area contributed by atoms with Crippen LogP contribution >= 0.6 is 11.6 Å². The fourth-order valence-electron chi connectivity index (χ4n) is 2.16. The SMILES string of the molecule is CCN(CC(=O)Nc1ccccc1OC)C(=O)c1ccnc(Cl)c1. The molecular formula is C17H18ClN3O3. The van der Waals surface area contributed by atoms with E-state index in [-0.39, 0.29) is 23.5 Å². The van der Waals surface area contributed by atoms with Gasteiger partial charge in [0.25, 0.3) is 5.91 Å². The minimum atomic E-state index is -0.310.